The first-order valence-corrected chi connectivity index (χ1v) is 6.89. The van der Waals surface area contributed by atoms with Crippen LogP contribution in [0.3, 0.4) is 0 Å². The molecule has 0 unspecified atom stereocenters. The first-order chi connectivity index (χ1) is 9.58. The molecule has 0 aliphatic carbocycles. The Morgan fingerprint density at radius 1 is 1.10 bits per heavy atom. The van der Waals surface area contributed by atoms with Gasteiger partial charge in [-0.1, -0.05) is 24.3 Å². The Balaban J connectivity index is 2.03. The molecule has 0 aliphatic rings. The van der Waals surface area contributed by atoms with Crippen molar-refractivity contribution in [3.05, 3.63) is 64.4 Å². The Hall–Kier alpha value is -1.79. The van der Waals surface area contributed by atoms with Crippen molar-refractivity contribution < 1.29 is 9.18 Å². The molecular formula is C14H10BrFN2OS. The second kappa shape index (κ2) is 6.58. The second-order valence-electron chi connectivity index (χ2n) is 3.88. The van der Waals surface area contributed by atoms with E-state index in [9.17, 15) is 9.18 Å². The highest BCUT2D eigenvalue weighted by atomic mass is 79.9. The number of carbonyl (C=O) groups is 1. The summed E-state index contributed by atoms with van der Waals surface area (Å²) in [4.78, 5) is 11.9. The lowest BCUT2D eigenvalue weighted by Gasteiger charge is -2.11. The maximum Gasteiger partial charge on any atom is 0.257 e. The van der Waals surface area contributed by atoms with Gasteiger partial charge in [0.2, 0.25) is 0 Å². The van der Waals surface area contributed by atoms with Crippen molar-refractivity contribution in [2.45, 2.75) is 0 Å². The van der Waals surface area contributed by atoms with Gasteiger partial charge in [-0.15, -0.1) is 0 Å². The first-order valence-electron chi connectivity index (χ1n) is 5.69. The number of amides is 1. The largest absolute Gasteiger partial charge is 0.331 e. The molecule has 0 saturated heterocycles. The van der Waals surface area contributed by atoms with Gasteiger partial charge in [-0.2, -0.15) is 0 Å². The van der Waals surface area contributed by atoms with E-state index in [1.165, 1.54) is 6.07 Å². The zero-order chi connectivity index (χ0) is 14.5. The maximum atomic E-state index is 13.3. The smallest absolute Gasteiger partial charge is 0.257 e. The van der Waals surface area contributed by atoms with Crippen LogP contribution in [0.25, 0.3) is 0 Å². The molecule has 0 bridgehead atoms. The summed E-state index contributed by atoms with van der Waals surface area (Å²) in [6, 6.07) is 13.2. The Kier molecular flexibility index (Phi) is 4.81. The quantitative estimate of drug-likeness (QED) is 0.809. The lowest BCUT2D eigenvalue weighted by Crippen LogP contribution is -2.34. The van der Waals surface area contributed by atoms with Gasteiger partial charge in [-0.05, 0) is 52.4 Å². The van der Waals surface area contributed by atoms with E-state index in [4.69, 9.17) is 12.2 Å². The molecular weight excluding hydrogens is 343 g/mol. The van der Waals surface area contributed by atoms with E-state index in [0.29, 0.717) is 11.3 Å². The molecule has 0 radical (unpaired) electrons. The van der Waals surface area contributed by atoms with Crippen LogP contribution < -0.4 is 10.6 Å². The second-order valence-corrected chi connectivity index (χ2v) is 5.08. The number of rotatable bonds is 2. The number of benzene rings is 2. The molecule has 2 rings (SSSR count). The zero-order valence-corrected chi connectivity index (χ0v) is 12.6. The van der Waals surface area contributed by atoms with Crippen LogP contribution in [0.5, 0.6) is 0 Å². The fourth-order valence-corrected chi connectivity index (χ4v) is 2.08. The number of carbonyl (C=O) groups excluding carboxylic acids is 1. The van der Waals surface area contributed by atoms with Gasteiger partial charge in [0.15, 0.2) is 5.11 Å². The van der Waals surface area contributed by atoms with E-state index in [0.717, 1.165) is 0 Å². The van der Waals surface area contributed by atoms with Crippen molar-refractivity contribution in [3.8, 4) is 0 Å². The summed E-state index contributed by atoms with van der Waals surface area (Å²) in [5, 5.41) is 5.40. The highest BCUT2D eigenvalue weighted by Crippen LogP contribution is 2.24. The fourth-order valence-electron chi connectivity index (χ4n) is 1.52. The molecule has 20 heavy (non-hydrogen) atoms. The van der Waals surface area contributed by atoms with Gasteiger partial charge < -0.3 is 5.32 Å². The van der Waals surface area contributed by atoms with Gasteiger partial charge in [0, 0.05) is 5.56 Å². The third-order valence-electron chi connectivity index (χ3n) is 2.46. The number of hydrogen-bond acceptors (Lipinski definition) is 2. The summed E-state index contributed by atoms with van der Waals surface area (Å²) in [6.07, 6.45) is 0. The summed E-state index contributed by atoms with van der Waals surface area (Å²) in [5.74, 6) is -0.734. The Labute approximate surface area is 129 Å². The molecule has 0 spiro atoms. The third kappa shape index (κ3) is 3.61. The van der Waals surface area contributed by atoms with E-state index in [1.54, 1.807) is 36.4 Å². The number of halogens is 2. The molecule has 0 fully saturated rings. The molecule has 0 heterocycles. The minimum absolute atomic E-state index is 0.102. The number of hydrogen-bond donors (Lipinski definition) is 2. The predicted molar refractivity (Wildman–Crippen MR) is 84.2 cm³/mol. The molecule has 0 aliphatic heterocycles. The minimum Gasteiger partial charge on any atom is -0.331 e. The lowest BCUT2D eigenvalue weighted by atomic mass is 10.2. The van der Waals surface area contributed by atoms with Crippen molar-refractivity contribution in [3.63, 3.8) is 0 Å². The van der Waals surface area contributed by atoms with Crippen LogP contribution in [0.15, 0.2) is 53.0 Å². The first kappa shape index (κ1) is 14.6. The van der Waals surface area contributed by atoms with Gasteiger partial charge >= 0.3 is 0 Å². The van der Waals surface area contributed by atoms with E-state index in [2.05, 4.69) is 26.6 Å². The van der Waals surface area contributed by atoms with E-state index in [-0.39, 0.29) is 15.5 Å². The lowest BCUT2D eigenvalue weighted by molar-refractivity contribution is 0.0978. The normalized spacial score (nSPS) is 9.90. The predicted octanol–water partition coefficient (Wildman–Crippen LogP) is 3.72. The Bertz CT molecular complexity index is 649. The summed E-state index contributed by atoms with van der Waals surface area (Å²) in [7, 11) is 0. The molecule has 0 atom stereocenters. The number of nitrogens with one attached hydrogen (secondary N) is 2. The summed E-state index contributed by atoms with van der Waals surface area (Å²) in [5.41, 5.74) is 0.943. The van der Waals surface area contributed by atoms with Gasteiger partial charge in [-0.3, -0.25) is 10.1 Å². The molecule has 102 valence electrons. The molecule has 0 saturated carbocycles. The van der Waals surface area contributed by atoms with Crippen LogP contribution >= 0.6 is 28.1 Å². The SMILES string of the molecule is O=C(NC(=S)Nc1cccc(F)c1Br)c1ccccc1. The molecule has 0 aromatic heterocycles. The maximum absolute atomic E-state index is 13.3. The molecule has 6 heteroatoms. The molecule has 3 nitrogen and oxygen atoms in total. The van der Waals surface area contributed by atoms with Crippen LogP contribution in [-0.4, -0.2) is 11.0 Å². The van der Waals surface area contributed by atoms with Crippen LogP contribution in [0, 0.1) is 5.82 Å². The number of thiocarbonyl (C=S) groups is 1. The highest BCUT2D eigenvalue weighted by Gasteiger charge is 2.10. The Morgan fingerprint density at radius 3 is 2.50 bits per heavy atom. The Morgan fingerprint density at radius 2 is 1.80 bits per heavy atom. The highest BCUT2D eigenvalue weighted by molar-refractivity contribution is 9.10. The van der Waals surface area contributed by atoms with Crippen molar-refractivity contribution >= 4 is 44.9 Å². The average molecular weight is 353 g/mol. The standard InChI is InChI=1S/C14H10BrFN2OS/c15-12-10(16)7-4-8-11(12)17-14(20)18-13(19)9-5-2-1-3-6-9/h1-8H,(H2,17,18,19,20). The van der Waals surface area contributed by atoms with Crippen molar-refractivity contribution in [2.75, 3.05) is 5.32 Å². The fraction of sp³-hybridized carbons (Fsp3) is 0. The summed E-state index contributed by atoms with van der Waals surface area (Å²) >= 11 is 8.14. The summed E-state index contributed by atoms with van der Waals surface area (Å²) < 4.78 is 13.6. The summed E-state index contributed by atoms with van der Waals surface area (Å²) in [6.45, 7) is 0. The average Bonchev–Trinajstić information content (AvgIpc) is 2.45. The van der Waals surface area contributed by atoms with Crippen LogP contribution in [-0.2, 0) is 0 Å². The topological polar surface area (TPSA) is 41.1 Å². The van der Waals surface area contributed by atoms with Crippen molar-refractivity contribution in [2.24, 2.45) is 0 Å². The van der Waals surface area contributed by atoms with Crippen LogP contribution in [0.4, 0.5) is 10.1 Å². The monoisotopic (exact) mass is 352 g/mol. The molecule has 2 aromatic rings. The van der Waals surface area contributed by atoms with E-state index in [1.807, 2.05) is 6.07 Å². The van der Waals surface area contributed by atoms with Gasteiger partial charge in [0.1, 0.15) is 5.82 Å². The van der Waals surface area contributed by atoms with E-state index >= 15 is 0 Å². The van der Waals surface area contributed by atoms with Crippen molar-refractivity contribution in [1.82, 2.24) is 5.32 Å². The van der Waals surface area contributed by atoms with E-state index < -0.39 is 5.82 Å². The zero-order valence-electron chi connectivity index (χ0n) is 10.2. The molecule has 2 aromatic carbocycles. The van der Waals surface area contributed by atoms with Crippen LogP contribution in [0.2, 0.25) is 0 Å². The van der Waals surface area contributed by atoms with Crippen LogP contribution in [0.1, 0.15) is 10.4 Å². The van der Waals surface area contributed by atoms with Gasteiger partial charge in [0.25, 0.3) is 5.91 Å². The third-order valence-corrected chi connectivity index (χ3v) is 3.47. The molecule has 2 N–H and O–H groups in total. The van der Waals surface area contributed by atoms with Gasteiger partial charge in [-0.25, -0.2) is 4.39 Å². The molecule has 1 amide bonds. The van der Waals surface area contributed by atoms with Crippen molar-refractivity contribution in [1.29, 1.82) is 0 Å². The van der Waals surface area contributed by atoms with Gasteiger partial charge in [0.05, 0.1) is 10.2 Å². The minimum atomic E-state index is -0.410. The number of anilines is 1.